The highest BCUT2D eigenvalue weighted by Gasteiger charge is 2.47. The number of primary amides is 1. The molecule has 86 heavy (non-hydrogen) atoms. The number of aryl methyl sites for hydroxylation is 2. The lowest BCUT2D eigenvalue weighted by atomic mass is 9.78. The van der Waals surface area contributed by atoms with Crippen molar-refractivity contribution >= 4 is 86.2 Å². The minimum Gasteiger partial charge on any atom is -0.378 e. The molecule has 0 bridgehead atoms. The molecule has 1 aliphatic carbocycles. The van der Waals surface area contributed by atoms with E-state index in [1.807, 2.05) is 23.1 Å². The summed E-state index contributed by atoms with van der Waals surface area (Å²) >= 11 is 0. The number of aromatic nitrogens is 3. The third-order valence-electron chi connectivity index (χ3n) is 17.1. The van der Waals surface area contributed by atoms with Gasteiger partial charge in [-0.15, -0.1) is 0 Å². The first-order chi connectivity index (χ1) is 41.0. The number of imide groups is 1. The second kappa shape index (κ2) is 26.7. The number of hydrogen-bond donors (Lipinski definition) is 7. The van der Waals surface area contributed by atoms with E-state index in [4.69, 9.17) is 14.8 Å². The molecule has 2 aromatic heterocycles. The highest BCUT2D eigenvalue weighted by atomic mass is 32.2. The Balaban J connectivity index is 0.903. The predicted octanol–water partition coefficient (Wildman–Crippen LogP) is 3.60. The van der Waals surface area contributed by atoms with Gasteiger partial charge in [0.2, 0.25) is 35.4 Å². The average Bonchev–Trinajstić information content (AvgIpc) is 1.89. The van der Waals surface area contributed by atoms with Crippen molar-refractivity contribution in [3.8, 4) is 0 Å². The van der Waals surface area contributed by atoms with Crippen LogP contribution in [0.3, 0.4) is 0 Å². The Morgan fingerprint density at radius 3 is 2.24 bits per heavy atom. The van der Waals surface area contributed by atoms with E-state index in [0.29, 0.717) is 59.1 Å². The van der Waals surface area contributed by atoms with Gasteiger partial charge in [-0.05, 0) is 143 Å². The summed E-state index contributed by atoms with van der Waals surface area (Å²) in [6.45, 7) is 3.20. The number of nitrogens with zero attached hydrogens (tertiary/aromatic N) is 4. The number of amides is 7. The third kappa shape index (κ3) is 14.1. The molecule has 4 fully saturated rings. The molecule has 2 unspecified atom stereocenters. The van der Waals surface area contributed by atoms with Gasteiger partial charge in [-0.2, -0.15) is 0 Å². The monoisotopic (exact) mass is 1230 g/mol. The molecule has 5 heterocycles. The van der Waals surface area contributed by atoms with Crippen molar-refractivity contribution in [3.63, 3.8) is 0 Å². The molecule has 25 nitrogen and oxygen atoms in total. The van der Waals surface area contributed by atoms with Gasteiger partial charge in [0.25, 0.3) is 11.4 Å². The lowest BCUT2D eigenvalue weighted by Gasteiger charge is -2.42. The molecule has 27 heteroatoms. The second-order valence-electron chi connectivity index (χ2n) is 22.9. The first-order valence-electron chi connectivity index (χ1n) is 29.3. The molecule has 9 rings (SSSR count). The molecule has 4 aliphatic rings. The summed E-state index contributed by atoms with van der Waals surface area (Å²) in [6.07, 6.45) is 5.50. The summed E-state index contributed by atoms with van der Waals surface area (Å²) in [7, 11) is -5.99. The van der Waals surface area contributed by atoms with Crippen LogP contribution in [-0.2, 0) is 72.2 Å². The Bertz CT molecular complexity index is 3660. The number of nitrogens with one attached hydrogen (secondary N) is 5. The van der Waals surface area contributed by atoms with Gasteiger partial charge < -0.3 is 45.7 Å². The van der Waals surface area contributed by atoms with E-state index in [1.165, 1.54) is 62.6 Å². The fourth-order valence-corrected chi connectivity index (χ4v) is 14.6. The maximum absolute atomic E-state index is 15.2. The number of aliphatic hydroxyl groups excluding tert-OH is 1. The zero-order valence-corrected chi connectivity index (χ0v) is 50.3. The zero-order valence-electron chi connectivity index (χ0n) is 48.6. The minimum absolute atomic E-state index is 0.0131. The van der Waals surface area contributed by atoms with Crippen LogP contribution in [0.15, 0.2) is 76.4 Å². The molecule has 7 amide bonds. The number of carbonyl (C=O) groups excluding carboxylic acids is 8. The number of benzene rings is 3. The number of sulfone groups is 1. The molecule has 8 N–H and O–H groups in total. The Morgan fingerprint density at radius 2 is 1.57 bits per heavy atom. The molecule has 3 aromatic carbocycles. The summed E-state index contributed by atoms with van der Waals surface area (Å²) in [5, 5.41) is 23.4. The minimum atomic E-state index is -4.19. The molecular formula is C59H75N10O15PS. The number of fused-ring (bicyclic) bond motifs is 3. The Kier molecular flexibility index (Phi) is 19.6. The smallest absolute Gasteiger partial charge is 0.378 e. The fourth-order valence-electron chi connectivity index (χ4n) is 12.5. The summed E-state index contributed by atoms with van der Waals surface area (Å²) in [5.41, 5.74) is 7.65. The zero-order chi connectivity index (χ0) is 61.8. The van der Waals surface area contributed by atoms with Crippen LogP contribution in [0, 0.1) is 11.8 Å². The molecular weight excluding hydrogens is 1150 g/mol. The van der Waals surface area contributed by atoms with Crippen molar-refractivity contribution in [2.75, 3.05) is 32.6 Å². The third-order valence-corrected chi connectivity index (χ3v) is 20.2. The summed E-state index contributed by atoms with van der Waals surface area (Å²) < 4.78 is 50.9. The van der Waals surface area contributed by atoms with Crippen LogP contribution in [-0.4, -0.2) is 147 Å². The van der Waals surface area contributed by atoms with E-state index in [1.54, 1.807) is 20.9 Å². The van der Waals surface area contributed by atoms with Crippen LogP contribution in [0.25, 0.3) is 21.9 Å². The van der Waals surface area contributed by atoms with Crippen LogP contribution in [0.1, 0.15) is 129 Å². The van der Waals surface area contributed by atoms with Gasteiger partial charge >= 0.3 is 13.3 Å². The van der Waals surface area contributed by atoms with Crippen LogP contribution in [0.5, 0.6) is 0 Å². The largest absolute Gasteiger partial charge is 0.401 e. The maximum atomic E-state index is 15.2. The number of aliphatic hydroxyl groups is 1. The van der Waals surface area contributed by atoms with E-state index in [9.17, 15) is 56.4 Å². The van der Waals surface area contributed by atoms with E-state index >= 15 is 4.79 Å². The Labute approximate surface area is 496 Å². The van der Waals surface area contributed by atoms with Crippen molar-refractivity contribution in [1.82, 2.24) is 45.2 Å². The van der Waals surface area contributed by atoms with E-state index in [-0.39, 0.29) is 98.6 Å². The van der Waals surface area contributed by atoms with Gasteiger partial charge in [0, 0.05) is 68.3 Å². The van der Waals surface area contributed by atoms with E-state index in [0.717, 1.165) is 37.5 Å². The number of carbonyl (C=O) groups is 8. The predicted molar refractivity (Wildman–Crippen MR) is 315 cm³/mol. The molecule has 5 aromatic rings. The molecule has 462 valence electrons. The number of H-pyrrole nitrogens is 1. The lowest BCUT2D eigenvalue weighted by molar-refractivity contribution is -0.146. The number of aromatic amines is 1. The number of piperidine rings is 1. The molecule has 0 radical (unpaired) electrons. The van der Waals surface area contributed by atoms with Crippen molar-refractivity contribution < 1.29 is 65.5 Å². The normalized spacial score (nSPS) is 22.2. The molecule has 6 atom stereocenters. The first-order valence-corrected chi connectivity index (χ1v) is 32.7. The fraction of sp³-hybridized carbons (Fsp3) is 0.508. The van der Waals surface area contributed by atoms with Crippen molar-refractivity contribution in [2.24, 2.45) is 24.6 Å². The summed E-state index contributed by atoms with van der Waals surface area (Å²) in [6, 6.07) is 12.6. The SMILES string of the molecule is CCOP(=O)(OCC)C(=O)c1ccc2[nH]c(C(=O)N[C@H]3CN(C(O)[C@H]4CC[C@@H](CCc5ccc6c(c5)n(C)c(=O)n6C5CCC(=O)NC5=O)CC4)CC[C@H]4CC[C@@H](C(=O)N[C@@H](CCC(N)=O)C(=O)NCc5ccc(S(C)(=O)=O)cc5)N4C3=O)cc2c1. The van der Waals surface area contributed by atoms with Crippen molar-refractivity contribution in [1.29, 1.82) is 0 Å². The van der Waals surface area contributed by atoms with Crippen molar-refractivity contribution in [2.45, 2.75) is 145 Å². The van der Waals surface area contributed by atoms with Crippen molar-refractivity contribution in [3.05, 3.63) is 99.6 Å². The highest BCUT2D eigenvalue weighted by Crippen LogP contribution is 2.51. The Morgan fingerprint density at radius 1 is 0.860 bits per heavy atom. The summed E-state index contributed by atoms with van der Waals surface area (Å²) in [4.78, 5) is 128. The number of hydrogen-bond acceptors (Lipinski definition) is 16. The van der Waals surface area contributed by atoms with Crippen LogP contribution in [0.2, 0.25) is 0 Å². The van der Waals surface area contributed by atoms with Gasteiger partial charge in [0.15, 0.2) is 9.84 Å². The number of nitrogens with two attached hydrogens (primary N) is 1. The molecule has 3 aliphatic heterocycles. The molecule has 1 saturated carbocycles. The average molecular weight is 1230 g/mol. The van der Waals surface area contributed by atoms with Gasteiger partial charge in [-0.25, -0.2) is 13.2 Å². The molecule has 0 spiro atoms. The highest BCUT2D eigenvalue weighted by molar-refractivity contribution is 7.90. The van der Waals surface area contributed by atoms with Crippen LogP contribution < -0.4 is 32.7 Å². The van der Waals surface area contributed by atoms with Crippen LogP contribution in [0.4, 0.5) is 0 Å². The van der Waals surface area contributed by atoms with Gasteiger partial charge in [-0.1, -0.05) is 31.0 Å². The van der Waals surface area contributed by atoms with Gasteiger partial charge in [0.1, 0.15) is 36.1 Å². The van der Waals surface area contributed by atoms with Gasteiger partial charge in [0.05, 0.1) is 29.1 Å². The van der Waals surface area contributed by atoms with E-state index < -0.39 is 94.8 Å². The van der Waals surface area contributed by atoms with Gasteiger partial charge in [-0.3, -0.25) is 62.3 Å². The first kappa shape index (κ1) is 63.2. The topological polar surface area (TPSA) is 350 Å². The van der Waals surface area contributed by atoms with E-state index in [2.05, 4.69) is 26.3 Å². The number of imidazole rings is 1. The quantitative estimate of drug-likeness (QED) is 0.0363. The maximum Gasteiger partial charge on any atom is 0.401 e. The molecule has 3 saturated heterocycles. The number of rotatable bonds is 23. The standard InChI is InChI=1S/C59H75N10O15PS/c1-5-83-85(80,84-6-2)58(78)38-16-20-42-39(30-38)31-44(62-42)53(73)64-45-33-67(56(76)37-14-9-34(10-15-37)7-8-35-13-22-46-49(29-35)66(3)59(79)69(46)48-24-26-51(71)65-55(48)75)28-27-40-17-23-47(68(40)57(45)77)54(74)63-43(21-25-50(60)70)52(72)61-32-36-11-18-41(19-12-36)86(4,81)82/h11-13,16,18-20,22,29-31,34,37,40,43,45,47-48,56,62,76H,5-10,14-15,17,21,23-28,32-33H2,1-4H3,(H2,60,70)(H,61,72)(H,63,74)(H,64,73)(H,65,71,75)/t34-,37+,40-,43+,45+,47+,48?,56?/m1/s1. The second-order valence-corrected chi connectivity index (χ2v) is 26.8. The Hall–Kier alpha value is -7.35. The van der Waals surface area contributed by atoms with Crippen LogP contribution >= 0.6 is 7.60 Å². The lowest BCUT2D eigenvalue weighted by Crippen LogP contribution is -2.62. The summed E-state index contributed by atoms with van der Waals surface area (Å²) in [5.74, 6) is -4.07.